The number of nitrogens with zero attached hydrogens (tertiary/aromatic N) is 1. The number of hydrogen-bond acceptors (Lipinski definition) is 6. The first kappa shape index (κ1) is 24.2. The number of carbonyl (C=O) groups is 1. The number of methoxy groups -OCH3 is 2. The molecule has 8 nitrogen and oxygen atoms in total. The third-order valence-corrected chi connectivity index (χ3v) is 7.45. The first-order valence-electron chi connectivity index (χ1n) is 10.4. The lowest BCUT2D eigenvalue weighted by molar-refractivity contribution is -0.116. The number of rotatable bonds is 8. The van der Waals surface area contributed by atoms with E-state index in [1.54, 1.807) is 37.3 Å². The molecule has 174 valence electrons. The molecule has 1 unspecified atom stereocenters. The van der Waals surface area contributed by atoms with Gasteiger partial charge in [0.1, 0.15) is 22.4 Å². The molecule has 1 aliphatic rings. The van der Waals surface area contributed by atoms with Gasteiger partial charge in [-0.25, -0.2) is 8.42 Å². The van der Waals surface area contributed by atoms with Crippen molar-refractivity contribution in [2.24, 2.45) is 0 Å². The summed E-state index contributed by atoms with van der Waals surface area (Å²) in [5.41, 5.74) is 0.934. The molecule has 1 amide bonds. The molecular weight excluding hydrogens is 454 g/mol. The third kappa shape index (κ3) is 5.46. The molecule has 1 heterocycles. The van der Waals surface area contributed by atoms with Crippen LogP contribution in [0.2, 0.25) is 5.02 Å². The molecule has 10 heteroatoms. The highest BCUT2D eigenvalue weighted by Gasteiger charge is 2.29. The van der Waals surface area contributed by atoms with Gasteiger partial charge in [-0.1, -0.05) is 18.0 Å². The second-order valence-corrected chi connectivity index (χ2v) is 9.87. The van der Waals surface area contributed by atoms with Crippen LogP contribution in [-0.2, 0) is 14.8 Å². The Labute approximate surface area is 193 Å². The van der Waals surface area contributed by atoms with Gasteiger partial charge in [0.15, 0.2) is 0 Å². The summed E-state index contributed by atoms with van der Waals surface area (Å²) in [6.45, 7) is 2.65. The molecule has 32 heavy (non-hydrogen) atoms. The van der Waals surface area contributed by atoms with E-state index in [1.807, 2.05) is 0 Å². The van der Waals surface area contributed by atoms with E-state index < -0.39 is 16.1 Å². The normalized spacial score (nSPS) is 15.6. The number of hydrogen-bond donors (Lipinski definition) is 2. The third-order valence-electron chi connectivity index (χ3n) is 5.29. The van der Waals surface area contributed by atoms with Crippen LogP contribution >= 0.6 is 11.6 Å². The molecule has 2 aromatic rings. The summed E-state index contributed by atoms with van der Waals surface area (Å²) in [6, 6.07) is 9.03. The summed E-state index contributed by atoms with van der Waals surface area (Å²) in [6.07, 6.45) is 2.70. The smallest absolute Gasteiger partial charge is 0.246 e. The highest BCUT2D eigenvalue weighted by Crippen LogP contribution is 2.32. The van der Waals surface area contributed by atoms with Crippen molar-refractivity contribution in [3.63, 3.8) is 0 Å². The Morgan fingerprint density at radius 3 is 2.34 bits per heavy atom. The summed E-state index contributed by atoms with van der Waals surface area (Å²) in [7, 11) is -0.770. The molecule has 2 aromatic carbocycles. The first-order chi connectivity index (χ1) is 15.3. The van der Waals surface area contributed by atoms with Gasteiger partial charge in [0.2, 0.25) is 15.9 Å². The maximum Gasteiger partial charge on any atom is 0.246 e. The minimum atomic E-state index is -3.71. The van der Waals surface area contributed by atoms with Crippen molar-refractivity contribution in [1.82, 2.24) is 4.31 Å². The van der Waals surface area contributed by atoms with Crippen LogP contribution in [0.5, 0.6) is 11.5 Å². The lowest BCUT2D eigenvalue weighted by Crippen LogP contribution is -2.36. The predicted molar refractivity (Wildman–Crippen MR) is 125 cm³/mol. The van der Waals surface area contributed by atoms with E-state index in [9.17, 15) is 13.2 Å². The zero-order chi connectivity index (χ0) is 23.3. The van der Waals surface area contributed by atoms with Crippen molar-refractivity contribution >= 4 is 38.9 Å². The molecule has 2 N–H and O–H groups in total. The SMILES string of the molecule is COc1ccc(Cl)cc1NC(=O)C(C)Nc1ccc(OC)c(S(=O)(=O)N2CCCCC2)c1. The molecular formula is C22H28ClN3O5S. The van der Waals surface area contributed by atoms with Crippen molar-refractivity contribution < 1.29 is 22.7 Å². The Hall–Kier alpha value is -2.49. The molecule has 0 bridgehead atoms. The standard InChI is InChI=1S/C22H28ClN3O5S/c1-15(22(27)25-18-13-16(23)7-9-19(18)30-2)24-17-8-10-20(31-3)21(14-17)32(28,29)26-11-5-4-6-12-26/h7-10,13-15,24H,4-6,11-12H2,1-3H3,(H,25,27). The fourth-order valence-electron chi connectivity index (χ4n) is 3.55. The molecule has 3 rings (SSSR count). The second-order valence-electron chi connectivity index (χ2n) is 7.53. The number of piperidine rings is 1. The van der Waals surface area contributed by atoms with Crippen molar-refractivity contribution in [2.45, 2.75) is 37.1 Å². The van der Waals surface area contributed by atoms with Gasteiger partial charge in [0.25, 0.3) is 0 Å². The topological polar surface area (TPSA) is 97.0 Å². The van der Waals surface area contributed by atoms with Crippen LogP contribution in [-0.4, -0.2) is 52.0 Å². The van der Waals surface area contributed by atoms with Crippen LogP contribution in [0.4, 0.5) is 11.4 Å². The van der Waals surface area contributed by atoms with E-state index in [1.165, 1.54) is 24.6 Å². The average Bonchev–Trinajstić information content (AvgIpc) is 2.79. The Morgan fingerprint density at radius 1 is 1.03 bits per heavy atom. The zero-order valence-electron chi connectivity index (χ0n) is 18.4. The Balaban J connectivity index is 1.79. The molecule has 0 saturated carbocycles. The van der Waals surface area contributed by atoms with Gasteiger partial charge in [0, 0.05) is 23.8 Å². The van der Waals surface area contributed by atoms with Crippen LogP contribution in [0.25, 0.3) is 0 Å². The number of ether oxygens (including phenoxy) is 2. The summed E-state index contributed by atoms with van der Waals surface area (Å²) >= 11 is 6.02. The number of amides is 1. The van der Waals surface area contributed by atoms with Gasteiger partial charge >= 0.3 is 0 Å². The molecule has 0 aliphatic carbocycles. The fourth-order valence-corrected chi connectivity index (χ4v) is 5.42. The van der Waals surface area contributed by atoms with Gasteiger partial charge in [-0.05, 0) is 56.2 Å². The number of carbonyl (C=O) groups excluding carboxylic acids is 1. The lowest BCUT2D eigenvalue weighted by Gasteiger charge is -2.27. The molecule has 0 radical (unpaired) electrons. The molecule has 1 saturated heterocycles. The van der Waals surface area contributed by atoms with Crippen LogP contribution in [0.3, 0.4) is 0 Å². The van der Waals surface area contributed by atoms with E-state index in [4.69, 9.17) is 21.1 Å². The Kier molecular flexibility index (Phi) is 7.86. The monoisotopic (exact) mass is 481 g/mol. The summed E-state index contributed by atoms with van der Waals surface area (Å²) in [5.74, 6) is 0.415. The summed E-state index contributed by atoms with van der Waals surface area (Å²) < 4.78 is 38.4. The van der Waals surface area contributed by atoms with E-state index in [0.717, 1.165) is 19.3 Å². The first-order valence-corrected chi connectivity index (χ1v) is 12.2. The maximum absolute atomic E-state index is 13.2. The summed E-state index contributed by atoms with van der Waals surface area (Å²) in [4.78, 5) is 12.8. The van der Waals surface area contributed by atoms with Gasteiger partial charge in [-0.3, -0.25) is 4.79 Å². The lowest BCUT2D eigenvalue weighted by atomic mass is 10.2. The van der Waals surface area contributed by atoms with Gasteiger partial charge in [-0.15, -0.1) is 0 Å². The fraction of sp³-hybridized carbons (Fsp3) is 0.409. The number of halogens is 1. The van der Waals surface area contributed by atoms with Crippen molar-refractivity contribution in [1.29, 1.82) is 0 Å². The largest absolute Gasteiger partial charge is 0.495 e. The predicted octanol–water partition coefficient (Wildman–Crippen LogP) is 3.97. The minimum absolute atomic E-state index is 0.0796. The average molecular weight is 482 g/mol. The van der Waals surface area contributed by atoms with Crippen LogP contribution in [0, 0.1) is 0 Å². The molecule has 0 spiro atoms. The van der Waals surface area contributed by atoms with Crippen molar-refractivity contribution in [3.05, 3.63) is 41.4 Å². The second kappa shape index (κ2) is 10.4. The van der Waals surface area contributed by atoms with E-state index in [-0.39, 0.29) is 16.6 Å². The van der Waals surface area contributed by atoms with E-state index >= 15 is 0 Å². The number of nitrogens with one attached hydrogen (secondary N) is 2. The maximum atomic E-state index is 13.2. The van der Waals surface area contributed by atoms with Gasteiger partial charge < -0.3 is 20.1 Å². The highest BCUT2D eigenvalue weighted by atomic mass is 35.5. The Bertz CT molecular complexity index is 1070. The number of sulfonamides is 1. The van der Waals surface area contributed by atoms with Crippen molar-refractivity contribution in [3.8, 4) is 11.5 Å². The molecule has 1 atom stereocenters. The van der Waals surface area contributed by atoms with Crippen LogP contribution in [0.1, 0.15) is 26.2 Å². The molecule has 1 fully saturated rings. The summed E-state index contributed by atoms with van der Waals surface area (Å²) in [5, 5.41) is 6.30. The van der Waals surface area contributed by atoms with Gasteiger partial charge in [-0.2, -0.15) is 4.31 Å². The quantitative estimate of drug-likeness (QED) is 0.592. The number of benzene rings is 2. The van der Waals surface area contributed by atoms with E-state index in [0.29, 0.717) is 35.2 Å². The Morgan fingerprint density at radius 2 is 1.69 bits per heavy atom. The zero-order valence-corrected chi connectivity index (χ0v) is 19.9. The minimum Gasteiger partial charge on any atom is -0.495 e. The number of anilines is 2. The van der Waals surface area contributed by atoms with Crippen LogP contribution < -0.4 is 20.1 Å². The van der Waals surface area contributed by atoms with Gasteiger partial charge in [0.05, 0.1) is 19.9 Å². The highest BCUT2D eigenvalue weighted by molar-refractivity contribution is 7.89. The molecule has 0 aromatic heterocycles. The van der Waals surface area contributed by atoms with E-state index in [2.05, 4.69) is 10.6 Å². The van der Waals surface area contributed by atoms with Crippen molar-refractivity contribution in [2.75, 3.05) is 37.9 Å². The van der Waals surface area contributed by atoms with Crippen LogP contribution in [0.15, 0.2) is 41.3 Å². The molecule has 1 aliphatic heterocycles.